The van der Waals surface area contributed by atoms with Crippen molar-refractivity contribution in [1.82, 2.24) is 4.90 Å². The minimum atomic E-state index is -4.04. The van der Waals surface area contributed by atoms with Gasteiger partial charge in [-0.15, -0.1) is 6.58 Å². The molecular weight excluding hydrogens is 464 g/mol. The lowest BCUT2D eigenvalue weighted by Gasteiger charge is -2.23. The molecule has 33 heavy (non-hydrogen) atoms. The van der Waals surface area contributed by atoms with Gasteiger partial charge in [0.1, 0.15) is 0 Å². The molecule has 0 aromatic heterocycles. The van der Waals surface area contributed by atoms with Gasteiger partial charge in [-0.3, -0.25) is 9.10 Å². The average molecular weight is 491 g/mol. The number of sulfonamides is 1. The van der Waals surface area contributed by atoms with E-state index >= 15 is 0 Å². The van der Waals surface area contributed by atoms with Crippen molar-refractivity contribution in [3.05, 3.63) is 83.9 Å². The van der Waals surface area contributed by atoms with Crippen molar-refractivity contribution in [3.8, 4) is 0 Å². The van der Waals surface area contributed by atoms with Crippen LogP contribution in [0.3, 0.4) is 0 Å². The first kappa shape index (κ1) is 26.2. The Balaban J connectivity index is 2.29. The fraction of sp³-hybridized carbons (Fsp3) is 0.250. The van der Waals surface area contributed by atoms with Gasteiger partial charge >= 0.3 is 5.97 Å². The highest BCUT2D eigenvalue weighted by molar-refractivity contribution is 7.92. The molecule has 0 radical (unpaired) electrons. The minimum Gasteiger partial charge on any atom is -0.452 e. The highest BCUT2D eigenvalue weighted by atomic mass is 35.5. The maximum absolute atomic E-state index is 13.3. The lowest BCUT2D eigenvalue weighted by atomic mass is 10.2. The molecule has 0 bridgehead atoms. The van der Waals surface area contributed by atoms with Crippen molar-refractivity contribution < 1.29 is 22.7 Å². The van der Waals surface area contributed by atoms with Gasteiger partial charge in [0.2, 0.25) is 0 Å². The number of carbonyl (C=O) groups excluding carboxylic acids is 2. The Labute approximate surface area is 200 Å². The molecule has 7 nitrogen and oxygen atoms in total. The number of halogens is 1. The fourth-order valence-corrected chi connectivity index (χ4v) is 4.66. The molecule has 0 aliphatic carbocycles. The van der Waals surface area contributed by atoms with Crippen LogP contribution < -0.4 is 4.31 Å². The van der Waals surface area contributed by atoms with E-state index in [0.29, 0.717) is 18.8 Å². The van der Waals surface area contributed by atoms with Crippen molar-refractivity contribution in [3.63, 3.8) is 0 Å². The first-order valence-electron chi connectivity index (χ1n) is 10.2. The molecule has 0 saturated heterocycles. The monoisotopic (exact) mass is 490 g/mol. The van der Waals surface area contributed by atoms with Gasteiger partial charge < -0.3 is 9.64 Å². The Morgan fingerprint density at radius 3 is 2.39 bits per heavy atom. The second-order valence-electron chi connectivity index (χ2n) is 7.24. The van der Waals surface area contributed by atoms with E-state index in [2.05, 4.69) is 13.2 Å². The Morgan fingerprint density at radius 2 is 1.82 bits per heavy atom. The van der Waals surface area contributed by atoms with Crippen molar-refractivity contribution in [1.29, 1.82) is 0 Å². The predicted octanol–water partition coefficient (Wildman–Crippen LogP) is 4.30. The SMILES string of the molecule is C=CCN(c1ccccc1)S(=O)(=O)c1ccc(Cl)c(C(=O)OCC(=O)N(CC)CC(=C)C)c1. The van der Waals surface area contributed by atoms with E-state index in [1.54, 1.807) is 44.2 Å². The Kier molecular flexibility index (Phi) is 9.25. The summed E-state index contributed by atoms with van der Waals surface area (Å²) < 4.78 is 32.9. The number of esters is 1. The van der Waals surface area contributed by atoms with E-state index in [9.17, 15) is 18.0 Å². The topological polar surface area (TPSA) is 84.0 Å². The number of benzene rings is 2. The molecule has 0 spiro atoms. The Morgan fingerprint density at radius 1 is 1.15 bits per heavy atom. The van der Waals surface area contributed by atoms with Crippen molar-refractivity contribution in [2.24, 2.45) is 0 Å². The number of nitrogens with zero attached hydrogens (tertiary/aromatic N) is 2. The van der Waals surface area contributed by atoms with Crippen molar-refractivity contribution in [2.75, 3.05) is 30.5 Å². The van der Waals surface area contributed by atoms with Crippen LogP contribution in [-0.4, -0.2) is 51.4 Å². The molecular formula is C24H27ClN2O5S. The van der Waals surface area contributed by atoms with E-state index in [-0.39, 0.29) is 22.0 Å². The number of likely N-dealkylation sites (N-methyl/N-ethyl adjacent to an activating group) is 1. The Hall–Kier alpha value is -3.10. The summed E-state index contributed by atoms with van der Waals surface area (Å²) in [5.41, 5.74) is 1.08. The number of rotatable bonds is 11. The van der Waals surface area contributed by atoms with Gasteiger partial charge in [0.05, 0.1) is 27.7 Å². The largest absolute Gasteiger partial charge is 0.452 e. The molecule has 0 atom stereocenters. The van der Waals surface area contributed by atoms with Crippen LogP contribution in [0.15, 0.2) is 78.2 Å². The van der Waals surface area contributed by atoms with E-state index in [1.807, 2.05) is 0 Å². The highest BCUT2D eigenvalue weighted by Gasteiger charge is 2.26. The van der Waals surface area contributed by atoms with Gasteiger partial charge in [0.15, 0.2) is 6.61 Å². The number of para-hydroxylation sites is 1. The molecule has 0 aliphatic heterocycles. The van der Waals surface area contributed by atoms with Crippen molar-refractivity contribution >= 4 is 39.2 Å². The van der Waals surface area contributed by atoms with Gasteiger partial charge in [-0.1, -0.05) is 48.0 Å². The average Bonchev–Trinajstić information content (AvgIpc) is 2.79. The molecule has 0 fully saturated rings. The molecule has 0 unspecified atom stereocenters. The van der Waals surface area contributed by atoms with Crippen LogP contribution in [0.5, 0.6) is 0 Å². The lowest BCUT2D eigenvalue weighted by Crippen LogP contribution is -2.35. The van der Waals surface area contributed by atoms with Gasteiger partial charge in [0, 0.05) is 13.1 Å². The van der Waals surface area contributed by atoms with Crippen LogP contribution in [0.25, 0.3) is 0 Å². The summed E-state index contributed by atoms with van der Waals surface area (Å²) in [4.78, 5) is 26.3. The van der Waals surface area contributed by atoms with Gasteiger partial charge in [-0.25, -0.2) is 13.2 Å². The molecule has 1 amide bonds. The zero-order chi connectivity index (χ0) is 24.6. The molecule has 2 aromatic carbocycles. The molecule has 9 heteroatoms. The third kappa shape index (κ3) is 6.69. The summed E-state index contributed by atoms with van der Waals surface area (Å²) in [7, 11) is -4.04. The van der Waals surface area contributed by atoms with Gasteiger partial charge in [-0.05, 0) is 44.2 Å². The molecule has 0 saturated carbocycles. The summed E-state index contributed by atoms with van der Waals surface area (Å²) in [5.74, 6) is -1.29. The maximum atomic E-state index is 13.3. The maximum Gasteiger partial charge on any atom is 0.340 e. The zero-order valence-corrected chi connectivity index (χ0v) is 20.2. The second-order valence-corrected chi connectivity index (χ2v) is 9.51. The normalized spacial score (nSPS) is 10.9. The number of anilines is 1. The summed E-state index contributed by atoms with van der Waals surface area (Å²) in [6, 6.07) is 12.3. The molecule has 0 N–H and O–H groups in total. The Bertz CT molecular complexity index is 1130. The van der Waals surface area contributed by atoms with Gasteiger partial charge in [-0.2, -0.15) is 0 Å². The molecule has 176 valence electrons. The number of carbonyl (C=O) groups is 2. The third-order valence-electron chi connectivity index (χ3n) is 4.61. The third-order valence-corrected chi connectivity index (χ3v) is 6.73. The second kappa shape index (κ2) is 11.7. The van der Waals surface area contributed by atoms with E-state index in [1.165, 1.54) is 27.4 Å². The van der Waals surface area contributed by atoms with Crippen LogP contribution in [0.4, 0.5) is 5.69 Å². The van der Waals surface area contributed by atoms with Crippen LogP contribution in [0.1, 0.15) is 24.2 Å². The summed E-state index contributed by atoms with van der Waals surface area (Å²) in [5, 5.41) is 0.00987. The summed E-state index contributed by atoms with van der Waals surface area (Å²) >= 11 is 6.14. The van der Waals surface area contributed by atoms with E-state index in [0.717, 1.165) is 11.6 Å². The van der Waals surface area contributed by atoms with E-state index in [4.69, 9.17) is 16.3 Å². The first-order valence-corrected chi connectivity index (χ1v) is 12.0. The molecule has 0 heterocycles. The van der Waals surface area contributed by atoms with Crippen LogP contribution in [-0.2, 0) is 19.6 Å². The smallest absolute Gasteiger partial charge is 0.340 e. The van der Waals surface area contributed by atoms with Gasteiger partial charge in [0.25, 0.3) is 15.9 Å². The molecule has 2 rings (SSSR count). The van der Waals surface area contributed by atoms with Crippen LogP contribution in [0.2, 0.25) is 5.02 Å². The quantitative estimate of drug-likeness (QED) is 0.346. The van der Waals surface area contributed by atoms with Crippen LogP contribution in [0, 0.1) is 0 Å². The van der Waals surface area contributed by atoms with Crippen molar-refractivity contribution in [2.45, 2.75) is 18.7 Å². The highest BCUT2D eigenvalue weighted by Crippen LogP contribution is 2.27. The zero-order valence-electron chi connectivity index (χ0n) is 18.7. The predicted molar refractivity (Wildman–Crippen MR) is 130 cm³/mol. The van der Waals surface area contributed by atoms with E-state index < -0.39 is 28.5 Å². The fourth-order valence-electron chi connectivity index (χ4n) is 3.00. The number of hydrogen-bond donors (Lipinski definition) is 0. The first-order chi connectivity index (χ1) is 15.6. The number of amides is 1. The molecule has 2 aromatic rings. The standard InChI is InChI=1S/C24H27ClN2O5S/c1-5-14-27(19-10-8-7-9-11-19)33(30,31)20-12-13-22(25)21(15-20)24(29)32-17-23(28)26(6-2)16-18(3)4/h5,7-13,15H,1,3,6,14,16-17H2,2,4H3. The minimum absolute atomic E-state index is 0.00987. The molecule has 0 aliphatic rings. The summed E-state index contributed by atoms with van der Waals surface area (Å²) in [6.07, 6.45) is 1.46. The number of ether oxygens (including phenoxy) is 1. The lowest BCUT2D eigenvalue weighted by molar-refractivity contribution is -0.133. The number of hydrogen-bond acceptors (Lipinski definition) is 5. The van der Waals surface area contributed by atoms with Crippen LogP contribution >= 0.6 is 11.6 Å². The summed E-state index contributed by atoms with van der Waals surface area (Å²) in [6.45, 7) is 11.3.